The Morgan fingerprint density at radius 2 is 2.16 bits per heavy atom. The monoisotopic (exact) mass is 258 g/mol. The maximum Gasteiger partial charge on any atom is 0.410 e. The van der Waals surface area contributed by atoms with Crippen LogP contribution in [0.2, 0.25) is 12.6 Å². The van der Waals surface area contributed by atoms with Crippen molar-refractivity contribution < 1.29 is 14.3 Å². The molecule has 5 heteroatoms. The Morgan fingerprint density at radius 3 is 2.84 bits per heavy atom. The highest BCUT2D eigenvalue weighted by molar-refractivity contribution is 6.43. The van der Waals surface area contributed by atoms with Crippen LogP contribution in [0.4, 0.5) is 4.79 Å². The summed E-state index contributed by atoms with van der Waals surface area (Å²) in [5.41, 5.74) is 0.961. The van der Waals surface area contributed by atoms with Crippen molar-refractivity contribution in [3.63, 3.8) is 0 Å². The molecule has 1 unspecified atom stereocenters. The molecule has 1 heterocycles. The fourth-order valence-electron chi connectivity index (χ4n) is 2.13. The van der Waals surface area contributed by atoms with E-state index in [1.165, 1.54) is 0 Å². The lowest BCUT2D eigenvalue weighted by molar-refractivity contribution is -0.121. The van der Waals surface area contributed by atoms with Gasteiger partial charge in [-0.15, -0.1) is 0 Å². The summed E-state index contributed by atoms with van der Waals surface area (Å²) < 4.78 is 5.26. The van der Waals surface area contributed by atoms with Gasteiger partial charge in [0.25, 0.3) is 0 Å². The van der Waals surface area contributed by atoms with Crippen LogP contribution < -0.4 is 0 Å². The minimum absolute atomic E-state index is 0.155. The van der Waals surface area contributed by atoms with Crippen LogP contribution in [0.15, 0.2) is 30.3 Å². The van der Waals surface area contributed by atoms with Gasteiger partial charge in [0.2, 0.25) is 0 Å². The molecule has 1 aliphatic heterocycles. The smallest absolute Gasteiger partial charge is 0.410 e. The van der Waals surface area contributed by atoms with Gasteiger partial charge in [-0.25, -0.2) is 4.79 Å². The number of piperidine rings is 1. The molecule has 1 aliphatic rings. The summed E-state index contributed by atoms with van der Waals surface area (Å²) in [5, 5.41) is 0. The lowest BCUT2D eigenvalue weighted by Crippen LogP contribution is -2.43. The fourth-order valence-corrected chi connectivity index (χ4v) is 2.13. The lowest BCUT2D eigenvalue weighted by atomic mass is 9.63. The van der Waals surface area contributed by atoms with Gasteiger partial charge < -0.3 is 14.4 Å². The summed E-state index contributed by atoms with van der Waals surface area (Å²) in [6, 6.07) is 9.56. The van der Waals surface area contributed by atoms with Gasteiger partial charge in [-0.3, -0.25) is 0 Å². The average Bonchev–Trinajstić information content (AvgIpc) is 2.46. The summed E-state index contributed by atoms with van der Waals surface area (Å²) in [6.07, 6.45) is 0.0679. The molecule has 1 aromatic carbocycles. The van der Waals surface area contributed by atoms with Crippen molar-refractivity contribution in [2.24, 2.45) is 0 Å². The molecule has 1 saturated heterocycles. The van der Waals surface area contributed by atoms with Crippen molar-refractivity contribution in [3.8, 4) is 0 Å². The summed E-state index contributed by atoms with van der Waals surface area (Å²) in [4.78, 5) is 25.1. The normalized spacial score (nSPS) is 19.1. The number of nitrogens with zero attached hydrogens (tertiary/aromatic N) is 1. The maximum absolute atomic E-state index is 11.9. The Balaban J connectivity index is 1.85. The zero-order valence-corrected chi connectivity index (χ0v) is 11.0. The third kappa shape index (κ3) is 3.59. The SMILES string of the molecule is C[B]C1CN(C(=O)OCc2ccccc2)CCC1=O. The summed E-state index contributed by atoms with van der Waals surface area (Å²) in [5.74, 6) is 0.0487. The van der Waals surface area contributed by atoms with Gasteiger partial charge in [-0.2, -0.15) is 0 Å². The number of hydrogen-bond acceptors (Lipinski definition) is 3. The maximum atomic E-state index is 11.9. The highest BCUT2D eigenvalue weighted by Gasteiger charge is 2.29. The van der Waals surface area contributed by atoms with Crippen molar-refractivity contribution >= 4 is 19.2 Å². The van der Waals surface area contributed by atoms with Crippen LogP contribution in [0.1, 0.15) is 12.0 Å². The molecule has 0 aliphatic carbocycles. The minimum atomic E-state index is -0.344. The Bertz CT molecular complexity index is 449. The average molecular weight is 258 g/mol. The molecular formula is C14H17BNO3. The number of carbonyl (C=O) groups is 2. The van der Waals surface area contributed by atoms with Gasteiger partial charge in [0.1, 0.15) is 19.7 Å². The van der Waals surface area contributed by atoms with E-state index in [1.54, 1.807) is 4.90 Å². The highest BCUT2D eigenvalue weighted by Crippen LogP contribution is 2.18. The standard InChI is InChI=1S/C14H17BNO3/c1-15-12-9-16(8-7-13(12)17)14(18)19-10-11-5-3-2-4-6-11/h2-6,12H,7-10H2,1H3. The number of ketones is 1. The zero-order chi connectivity index (χ0) is 13.7. The molecule has 0 saturated carbocycles. The van der Waals surface area contributed by atoms with Crippen LogP contribution in [0.5, 0.6) is 0 Å². The second-order valence-electron chi connectivity index (χ2n) is 4.64. The predicted molar refractivity (Wildman–Crippen MR) is 73.2 cm³/mol. The second-order valence-corrected chi connectivity index (χ2v) is 4.64. The number of benzene rings is 1. The van der Waals surface area contributed by atoms with Crippen LogP contribution in [0, 0.1) is 0 Å². The van der Waals surface area contributed by atoms with Gasteiger partial charge in [0.15, 0.2) is 0 Å². The summed E-state index contributed by atoms with van der Waals surface area (Å²) >= 11 is 0. The number of likely N-dealkylation sites (tertiary alicyclic amines) is 1. The number of ether oxygens (including phenoxy) is 1. The predicted octanol–water partition coefficient (Wildman–Crippen LogP) is 2.14. The molecule has 0 N–H and O–H groups in total. The van der Waals surface area contributed by atoms with Crippen LogP contribution in [0.25, 0.3) is 0 Å². The molecule has 1 atom stereocenters. The van der Waals surface area contributed by atoms with Crippen molar-refractivity contribution in [1.29, 1.82) is 0 Å². The third-order valence-corrected chi connectivity index (χ3v) is 3.32. The van der Waals surface area contributed by atoms with Gasteiger partial charge in [-0.05, 0) is 5.56 Å². The molecule has 99 valence electrons. The molecule has 1 amide bonds. The van der Waals surface area contributed by atoms with Crippen LogP contribution in [0.3, 0.4) is 0 Å². The van der Waals surface area contributed by atoms with Crippen molar-refractivity contribution in [2.45, 2.75) is 25.7 Å². The first-order valence-corrected chi connectivity index (χ1v) is 6.48. The van der Waals surface area contributed by atoms with E-state index in [0.29, 0.717) is 19.5 Å². The molecular weight excluding hydrogens is 241 g/mol. The van der Waals surface area contributed by atoms with E-state index in [0.717, 1.165) is 5.56 Å². The highest BCUT2D eigenvalue weighted by atomic mass is 16.6. The molecule has 1 aromatic rings. The van der Waals surface area contributed by atoms with E-state index in [4.69, 9.17) is 4.74 Å². The molecule has 4 nitrogen and oxygen atoms in total. The Kier molecular flexibility index (Phi) is 4.60. The Morgan fingerprint density at radius 1 is 1.42 bits per heavy atom. The molecule has 0 spiro atoms. The minimum Gasteiger partial charge on any atom is -0.445 e. The van der Waals surface area contributed by atoms with Crippen molar-refractivity contribution in [3.05, 3.63) is 35.9 Å². The van der Waals surface area contributed by atoms with E-state index in [-0.39, 0.29) is 24.3 Å². The topological polar surface area (TPSA) is 46.6 Å². The first-order valence-electron chi connectivity index (χ1n) is 6.48. The van der Waals surface area contributed by atoms with Crippen molar-refractivity contribution in [1.82, 2.24) is 4.90 Å². The molecule has 1 radical (unpaired) electrons. The Hall–Kier alpha value is -1.78. The van der Waals surface area contributed by atoms with Gasteiger partial charge in [-0.1, -0.05) is 37.2 Å². The number of rotatable bonds is 3. The molecule has 2 rings (SSSR count). The lowest BCUT2D eigenvalue weighted by Gasteiger charge is -2.30. The molecule has 0 aromatic heterocycles. The number of carbonyl (C=O) groups excluding carboxylic acids is 2. The second kappa shape index (κ2) is 6.41. The first-order chi connectivity index (χ1) is 9.20. The first kappa shape index (κ1) is 13.7. The van der Waals surface area contributed by atoms with Gasteiger partial charge >= 0.3 is 6.09 Å². The zero-order valence-electron chi connectivity index (χ0n) is 11.0. The molecule has 0 bridgehead atoms. The van der Waals surface area contributed by atoms with E-state index in [2.05, 4.69) is 0 Å². The van der Waals surface area contributed by atoms with Crippen LogP contribution in [-0.4, -0.2) is 37.1 Å². The quantitative estimate of drug-likeness (QED) is 0.780. The van der Waals surface area contributed by atoms with E-state index in [1.807, 2.05) is 44.4 Å². The number of hydrogen-bond donors (Lipinski definition) is 0. The summed E-state index contributed by atoms with van der Waals surface area (Å²) in [6.45, 7) is 3.01. The Labute approximate surface area is 114 Å². The molecule has 1 fully saturated rings. The van der Waals surface area contributed by atoms with Gasteiger partial charge in [0, 0.05) is 25.3 Å². The van der Waals surface area contributed by atoms with E-state index >= 15 is 0 Å². The summed E-state index contributed by atoms with van der Waals surface area (Å²) in [7, 11) is 1.85. The third-order valence-electron chi connectivity index (χ3n) is 3.32. The van der Waals surface area contributed by atoms with Crippen LogP contribution >= 0.6 is 0 Å². The number of amides is 1. The van der Waals surface area contributed by atoms with Crippen LogP contribution in [-0.2, 0) is 16.1 Å². The number of Topliss-reactive ketones (excluding diaryl/α,β-unsaturated/α-hetero) is 1. The van der Waals surface area contributed by atoms with E-state index < -0.39 is 0 Å². The fraction of sp³-hybridized carbons (Fsp3) is 0.429. The van der Waals surface area contributed by atoms with Crippen molar-refractivity contribution in [2.75, 3.05) is 13.1 Å². The largest absolute Gasteiger partial charge is 0.445 e. The molecule has 19 heavy (non-hydrogen) atoms. The van der Waals surface area contributed by atoms with Gasteiger partial charge in [0.05, 0.1) is 0 Å². The van der Waals surface area contributed by atoms with E-state index in [9.17, 15) is 9.59 Å².